The van der Waals surface area contributed by atoms with E-state index in [4.69, 9.17) is 9.84 Å². The number of aryl methyl sites for hydroxylation is 2. The Morgan fingerprint density at radius 2 is 2.24 bits per heavy atom. The van der Waals surface area contributed by atoms with E-state index in [1.165, 1.54) is 11.8 Å². The van der Waals surface area contributed by atoms with Crippen molar-refractivity contribution in [1.82, 2.24) is 9.55 Å². The lowest BCUT2D eigenvalue weighted by Crippen LogP contribution is -2.04. The van der Waals surface area contributed by atoms with Crippen molar-refractivity contribution in [3.05, 3.63) is 35.7 Å². The fourth-order valence-electron chi connectivity index (χ4n) is 2.12. The first-order valence-corrected chi connectivity index (χ1v) is 7.61. The third kappa shape index (κ3) is 3.39. The Hall–Kier alpha value is -1.95. The van der Waals surface area contributed by atoms with Crippen LogP contribution in [0.15, 0.2) is 29.6 Å². The number of benzene rings is 1. The van der Waals surface area contributed by atoms with Gasteiger partial charge in [-0.25, -0.2) is 4.98 Å². The number of carbonyl (C=O) groups is 1. The van der Waals surface area contributed by atoms with Crippen molar-refractivity contribution in [3.63, 3.8) is 0 Å². The zero-order valence-corrected chi connectivity index (χ0v) is 13.1. The van der Waals surface area contributed by atoms with E-state index < -0.39 is 5.97 Å². The van der Waals surface area contributed by atoms with Crippen molar-refractivity contribution < 1.29 is 14.6 Å². The summed E-state index contributed by atoms with van der Waals surface area (Å²) in [6, 6.07) is 5.89. The molecule has 1 N–H and O–H groups in total. The van der Waals surface area contributed by atoms with E-state index in [0.29, 0.717) is 5.16 Å². The zero-order valence-electron chi connectivity index (χ0n) is 12.3. The molecule has 0 saturated carbocycles. The van der Waals surface area contributed by atoms with Crippen molar-refractivity contribution in [2.45, 2.75) is 25.4 Å². The summed E-state index contributed by atoms with van der Waals surface area (Å²) in [6.45, 7) is 4.03. The molecule has 2 rings (SSSR count). The van der Waals surface area contributed by atoms with Gasteiger partial charge in [0.25, 0.3) is 0 Å². The number of carboxylic acid groups (broad SMARTS) is 1. The third-order valence-corrected chi connectivity index (χ3v) is 4.06. The SMILES string of the molecule is CCc1cnc(SCC(=O)O)n1-c1ccc(OC)c(C)c1. The summed E-state index contributed by atoms with van der Waals surface area (Å²) < 4.78 is 7.28. The highest BCUT2D eigenvalue weighted by molar-refractivity contribution is 7.99. The number of methoxy groups -OCH3 is 1. The number of aromatic nitrogens is 2. The van der Waals surface area contributed by atoms with Crippen molar-refractivity contribution in [1.29, 1.82) is 0 Å². The van der Waals surface area contributed by atoms with Gasteiger partial charge in [0.2, 0.25) is 0 Å². The monoisotopic (exact) mass is 306 g/mol. The molecule has 0 amide bonds. The number of thioether (sulfide) groups is 1. The number of nitrogens with zero attached hydrogens (tertiary/aromatic N) is 2. The zero-order chi connectivity index (χ0) is 15.4. The van der Waals surface area contributed by atoms with E-state index in [2.05, 4.69) is 11.9 Å². The summed E-state index contributed by atoms with van der Waals surface area (Å²) in [4.78, 5) is 15.1. The second-order valence-corrected chi connectivity index (χ2v) is 5.50. The maximum atomic E-state index is 10.8. The van der Waals surface area contributed by atoms with Gasteiger partial charge in [-0.2, -0.15) is 0 Å². The second-order valence-electron chi connectivity index (χ2n) is 4.56. The van der Waals surface area contributed by atoms with Crippen LogP contribution in [0.4, 0.5) is 0 Å². The van der Waals surface area contributed by atoms with Crippen LogP contribution in [0.5, 0.6) is 5.75 Å². The smallest absolute Gasteiger partial charge is 0.313 e. The van der Waals surface area contributed by atoms with Gasteiger partial charge in [0.05, 0.1) is 12.9 Å². The Kier molecular flexibility index (Phi) is 4.90. The Morgan fingerprint density at radius 1 is 1.48 bits per heavy atom. The minimum absolute atomic E-state index is 0.00466. The first-order valence-electron chi connectivity index (χ1n) is 6.63. The van der Waals surface area contributed by atoms with Gasteiger partial charge in [0.15, 0.2) is 5.16 Å². The number of rotatable bonds is 6. The maximum Gasteiger partial charge on any atom is 0.313 e. The summed E-state index contributed by atoms with van der Waals surface area (Å²) >= 11 is 1.22. The van der Waals surface area contributed by atoms with Crippen LogP contribution in [0.1, 0.15) is 18.2 Å². The van der Waals surface area contributed by atoms with E-state index >= 15 is 0 Å². The van der Waals surface area contributed by atoms with Crippen LogP contribution < -0.4 is 4.74 Å². The topological polar surface area (TPSA) is 64.3 Å². The molecule has 0 unspecified atom stereocenters. The van der Waals surface area contributed by atoms with Gasteiger partial charge in [-0.3, -0.25) is 9.36 Å². The molecule has 6 heteroatoms. The lowest BCUT2D eigenvalue weighted by Gasteiger charge is -2.13. The second kappa shape index (κ2) is 6.67. The number of aliphatic carboxylic acids is 1. The van der Waals surface area contributed by atoms with Crippen LogP contribution in [0.2, 0.25) is 0 Å². The summed E-state index contributed by atoms with van der Waals surface area (Å²) in [5, 5.41) is 9.53. The van der Waals surface area contributed by atoms with E-state index in [1.54, 1.807) is 13.3 Å². The molecule has 0 radical (unpaired) electrons. The molecule has 0 fully saturated rings. The lowest BCUT2D eigenvalue weighted by atomic mass is 10.2. The first kappa shape index (κ1) is 15.4. The molecule has 21 heavy (non-hydrogen) atoms. The third-order valence-electron chi connectivity index (χ3n) is 3.13. The van der Waals surface area contributed by atoms with Gasteiger partial charge in [0, 0.05) is 17.6 Å². The van der Waals surface area contributed by atoms with Crippen molar-refractivity contribution >= 4 is 17.7 Å². The highest BCUT2D eigenvalue weighted by Crippen LogP contribution is 2.27. The Labute approximate surface area is 128 Å². The largest absolute Gasteiger partial charge is 0.496 e. The van der Waals surface area contributed by atoms with Gasteiger partial charge in [0.1, 0.15) is 5.75 Å². The molecule has 0 atom stereocenters. The molecule has 2 aromatic rings. The van der Waals surface area contributed by atoms with Crippen LogP contribution in [-0.2, 0) is 11.2 Å². The summed E-state index contributed by atoms with van der Waals surface area (Å²) in [7, 11) is 1.64. The van der Waals surface area contributed by atoms with E-state index in [1.807, 2.05) is 29.7 Å². The van der Waals surface area contributed by atoms with E-state index in [9.17, 15) is 4.79 Å². The highest BCUT2D eigenvalue weighted by atomic mass is 32.2. The van der Waals surface area contributed by atoms with Gasteiger partial charge < -0.3 is 9.84 Å². The fourth-order valence-corrected chi connectivity index (χ4v) is 2.86. The van der Waals surface area contributed by atoms with E-state index in [-0.39, 0.29) is 5.75 Å². The normalized spacial score (nSPS) is 10.6. The van der Waals surface area contributed by atoms with Crippen molar-refractivity contribution in [3.8, 4) is 11.4 Å². The van der Waals surface area contributed by atoms with Crippen LogP contribution in [0, 0.1) is 6.92 Å². The van der Waals surface area contributed by atoms with Gasteiger partial charge >= 0.3 is 5.97 Å². The van der Waals surface area contributed by atoms with Crippen LogP contribution in [0.3, 0.4) is 0 Å². The van der Waals surface area contributed by atoms with Crippen LogP contribution >= 0.6 is 11.8 Å². The number of carboxylic acids is 1. The molecule has 5 nitrogen and oxygen atoms in total. The predicted molar refractivity (Wildman–Crippen MR) is 82.6 cm³/mol. The molecule has 1 aromatic heterocycles. The van der Waals surface area contributed by atoms with Gasteiger partial charge in [-0.05, 0) is 37.1 Å². The summed E-state index contributed by atoms with van der Waals surface area (Å²) in [5.41, 5.74) is 3.04. The molecule has 0 spiro atoms. The molecular formula is C15H18N2O3S. The molecule has 0 aliphatic rings. The molecular weight excluding hydrogens is 288 g/mol. The van der Waals surface area contributed by atoms with Crippen LogP contribution in [0.25, 0.3) is 5.69 Å². The fraction of sp³-hybridized carbons (Fsp3) is 0.333. The number of hydrogen-bond acceptors (Lipinski definition) is 4. The molecule has 0 bridgehead atoms. The molecule has 0 saturated heterocycles. The molecule has 0 aliphatic carbocycles. The Bertz CT molecular complexity index is 652. The van der Waals surface area contributed by atoms with E-state index in [0.717, 1.165) is 29.1 Å². The summed E-state index contributed by atoms with van der Waals surface area (Å²) in [6.07, 6.45) is 2.62. The number of ether oxygens (including phenoxy) is 1. The molecule has 0 aliphatic heterocycles. The minimum atomic E-state index is -0.849. The van der Waals surface area contributed by atoms with Gasteiger partial charge in [-0.1, -0.05) is 18.7 Å². The molecule has 1 aromatic carbocycles. The minimum Gasteiger partial charge on any atom is -0.496 e. The Morgan fingerprint density at radius 3 is 2.81 bits per heavy atom. The number of hydrogen-bond donors (Lipinski definition) is 1. The molecule has 1 heterocycles. The quantitative estimate of drug-likeness (QED) is 0.831. The van der Waals surface area contributed by atoms with Gasteiger partial charge in [-0.15, -0.1) is 0 Å². The Balaban J connectivity index is 2.43. The van der Waals surface area contributed by atoms with Crippen molar-refractivity contribution in [2.24, 2.45) is 0 Å². The first-order chi connectivity index (χ1) is 10.1. The average Bonchev–Trinajstić information content (AvgIpc) is 2.87. The standard InChI is InChI=1S/C15H18N2O3S/c1-4-11-8-16-15(21-9-14(18)19)17(11)12-5-6-13(20-3)10(2)7-12/h5-8H,4,9H2,1-3H3,(H,18,19). The average molecular weight is 306 g/mol. The highest BCUT2D eigenvalue weighted by Gasteiger charge is 2.13. The number of imidazole rings is 1. The van der Waals surface area contributed by atoms with Crippen LogP contribution in [-0.4, -0.2) is 33.5 Å². The lowest BCUT2D eigenvalue weighted by molar-refractivity contribution is -0.133. The van der Waals surface area contributed by atoms with Crippen molar-refractivity contribution in [2.75, 3.05) is 12.9 Å². The maximum absolute atomic E-state index is 10.8. The predicted octanol–water partition coefficient (Wildman–Crippen LogP) is 2.93. The summed E-state index contributed by atoms with van der Waals surface area (Å²) in [5.74, 6) is -0.0230. The molecule has 112 valence electrons.